The number of hydrogen-bond acceptors (Lipinski definition) is 3. The van der Waals surface area contributed by atoms with Crippen molar-refractivity contribution in [2.24, 2.45) is 0 Å². The van der Waals surface area contributed by atoms with Crippen molar-refractivity contribution in [2.45, 2.75) is 12.8 Å². The number of likely N-dealkylation sites (N-methyl/N-ethyl adjacent to an activating group) is 1. The second-order valence-electron chi connectivity index (χ2n) is 5.82. The number of ketones is 1. The molecule has 0 aliphatic heterocycles. The molecule has 5 nitrogen and oxygen atoms in total. The molecule has 2 rings (SSSR count). The van der Waals surface area contributed by atoms with Crippen LogP contribution in [0.25, 0.3) is 0 Å². The lowest BCUT2D eigenvalue weighted by Gasteiger charge is -2.17. The Morgan fingerprint density at radius 1 is 0.926 bits per heavy atom. The van der Waals surface area contributed by atoms with E-state index >= 15 is 0 Å². The third-order valence-electron chi connectivity index (χ3n) is 3.77. The first kappa shape index (κ1) is 21.2. The van der Waals surface area contributed by atoms with E-state index in [0.717, 1.165) is 0 Å². The Balaban J connectivity index is 1.85. The number of nitrogens with zero attached hydrogens (tertiary/aromatic N) is 1. The van der Waals surface area contributed by atoms with Gasteiger partial charge in [-0.1, -0.05) is 40.9 Å². The van der Waals surface area contributed by atoms with Crippen LogP contribution in [0.15, 0.2) is 42.5 Å². The molecular weight excluding hydrogens is 411 g/mol. The van der Waals surface area contributed by atoms with E-state index in [1.54, 1.807) is 42.5 Å². The van der Waals surface area contributed by atoms with E-state index in [4.69, 9.17) is 34.8 Å². The monoisotopic (exact) mass is 426 g/mol. The molecule has 27 heavy (non-hydrogen) atoms. The number of rotatable bonds is 7. The fourth-order valence-electron chi connectivity index (χ4n) is 2.29. The van der Waals surface area contributed by atoms with Crippen LogP contribution in [0.1, 0.15) is 23.2 Å². The van der Waals surface area contributed by atoms with Gasteiger partial charge in [0.15, 0.2) is 5.78 Å². The third-order valence-corrected chi connectivity index (χ3v) is 4.65. The minimum atomic E-state index is -0.440. The number of benzene rings is 2. The summed E-state index contributed by atoms with van der Waals surface area (Å²) in [6, 6.07) is 11.3. The van der Waals surface area contributed by atoms with Crippen molar-refractivity contribution < 1.29 is 14.4 Å². The van der Waals surface area contributed by atoms with Crippen molar-refractivity contribution in [2.75, 3.05) is 18.9 Å². The van der Waals surface area contributed by atoms with Gasteiger partial charge in [-0.15, -0.1) is 0 Å². The van der Waals surface area contributed by atoms with E-state index in [-0.39, 0.29) is 31.1 Å². The largest absolute Gasteiger partial charge is 0.336 e. The van der Waals surface area contributed by atoms with Crippen molar-refractivity contribution in [3.05, 3.63) is 63.1 Å². The Bertz CT molecular complexity index is 834. The molecule has 1 N–H and O–H groups in total. The Hall–Kier alpha value is -2.08. The second kappa shape index (κ2) is 9.74. The summed E-state index contributed by atoms with van der Waals surface area (Å²) < 4.78 is 0. The molecular formula is C19H17Cl3N2O3. The van der Waals surface area contributed by atoms with Gasteiger partial charge in [0.25, 0.3) is 0 Å². The number of Topliss-reactive ketones (excluding diaryl/α,β-unsaturated/α-hetero) is 1. The molecule has 142 valence electrons. The zero-order chi connectivity index (χ0) is 20.0. The maximum atomic E-state index is 12.2. The molecule has 0 aliphatic carbocycles. The first-order valence-electron chi connectivity index (χ1n) is 8.04. The van der Waals surface area contributed by atoms with Crippen LogP contribution >= 0.6 is 34.8 Å². The van der Waals surface area contributed by atoms with Crippen LogP contribution in [0, 0.1) is 0 Å². The number of halogens is 3. The minimum absolute atomic E-state index is 0.00190. The second-order valence-corrected chi connectivity index (χ2v) is 7.08. The topological polar surface area (TPSA) is 66.5 Å². The number of hydrogen-bond donors (Lipinski definition) is 1. The van der Waals surface area contributed by atoms with Gasteiger partial charge in [0.2, 0.25) is 11.8 Å². The van der Waals surface area contributed by atoms with Gasteiger partial charge in [0.1, 0.15) is 0 Å². The molecule has 2 aromatic rings. The zero-order valence-electron chi connectivity index (χ0n) is 14.5. The molecule has 0 saturated carbocycles. The lowest BCUT2D eigenvalue weighted by atomic mass is 10.1. The highest BCUT2D eigenvalue weighted by molar-refractivity contribution is 6.39. The minimum Gasteiger partial charge on any atom is -0.336 e. The smallest absolute Gasteiger partial charge is 0.244 e. The quantitative estimate of drug-likeness (QED) is 0.651. The Labute approximate surface area is 172 Å². The van der Waals surface area contributed by atoms with E-state index in [1.165, 1.54) is 11.9 Å². The molecule has 0 unspecified atom stereocenters. The molecule has 2 aromatic carbocycles. The van der Waals surface area contributed by atoms with Crippen LogP contribution in [-0.2, 0) is 9.59 Å². The molecule has 0 bridgehead atoms. The molecule has 0 aromatic heterocycles. The lowest BCUT2D eigenvalue weighted by Crippen LogP contribution is -2.35. The Morgan fingerprint density at radius 3 is 2.11 bits per heavy atom. The number of nitrogens with one attached hydrogen (secondary N) is 1. The molecule has 0 spiro atoms. The average molecular weight is 428 g/mol. The molecule has 0 heterocycles. The highest BCUT2D eigenvalue weighted by Crippen LogP contribution is 2.29. The molecule has 0 saturated heterocycles. The summed E-state index contributed by atoms with van der Waals surface area (Å²) in [7, 11) is 1.49. The predicted molar refractivity (Wildman–Crippen MR) is 108 cm³/mol. The lowest BCUT2D eigenvalue weighted by molar-refractivity contribution is -0.133. The number of carbonyl (C=O) groups is 3. The zero-order valence-corrected chi connectivity index (χ0v) is 16.7. The van der Waals surface area contributed by atoms with Crippen LogP contribution in [-0.4, -0.2) is 36.1 Å². The SMILES string of the molecule is CN(CC(=O)Nc1c(Cl)cccc1Cl)C(=O)CCC(=O)c1ccc(Cl)cc1. The standard InChI is InChI=1S/C19H17Cl3N2O3/c1-24(11-17(26)23-19-14(21)3-2-4-15(19)22)18(27)10-9-16(25)12-5-7-13(20)8-6-12/h2-8H,9-11H2,1H3,(H,23,26). The van der Waals surface area contributed by atoms with Crippen molar-refractivity contribution in [1.82, 2.24) is 4.90 Å². The first-order chi connectivity index (χ1) is 12.8. The molecule has 8 heteroatoms. The van der Waals surface area contributed by atoms with E-state index < -0.39 is 5.91 Å². The molecule has 2 amide bonds. The summed E-state index contributed by atoms with van der Waals surface area (Å²) >= 11 is 17.8. The van der Waals surface area contributed by atoms with Gasteiger partial charge in [-0.3, -0.25) is 14.4 Å². The number of carbonyl (C=O) groups excluding carboxylic acids is 3. The fourth-order valence-corrected chi connectivity index (χ4v) is 2.91. The maximum absolute atomic E-state index is 12.2. The summed E-state index contributed by atoms with van der Waals surface area (Å²) in [6.45, 7) is -0.185. The fraction of sp³-hybridized carbons (Fsp3) is 0.211. The van der Waals surface area contributed by atoms with E-state index in [2.05, 4.69) is 5.32 Å². The van der Waals surface area contributed by atoms with Gasteiger partial charge >= 0.3 is 0 Å². The van der Waals surface area contributed by atoms with Gasteiger partial charge in [0.05, 0.1) is 22.3 Å². The van der Waals surface area contributed by atoms with E-state index in [1.807, 2.05) is 0 Å². The Morgan fingerprint density at radius 2 is 1.52 bits per heavy atom. The van der Waals surface area contributed by atoms with Crippen molar-refractivity contribution >= 4 is 58.1 Å². The predicted octanol–water partition coefficient (Wildman–Crippen LogP) is 4.71. The van der Waals surface area contributed by atoms with Crippen molar-refractivity contribution in [3.8, 4) is 0 Å². The van der Waals surface area contributed by atoms with Gasteiger partial charge in [0, 0.05) is 30.5 Å². The van der Waals surface area contributed by atoms with Crippen molar-refractivity contribution in [3.63, 3.8) is 0 Å². The maximum Gasteiger partial charge on any atom is 0.244 e. The molecule has 0 fully saturated rings. The van der Waals surface area contributed by atoms with Gasteiger partial charge in [-0.05, 0) is 36.4 Å². The van der Waals surface area contributed by atoms with Crippen LogP contribution in [0.2, 0.25) is 15.1 Å². The van der Waals surface area contributed by atoms with Crippen LogP contribution in [0.5, 0.6) is 0 Å². The number of anilines is 1. The van der Waals surface area contributed by atoms with Gasteiger partial charge < -0.3 is 10.2 Å². The normalized spacial score (nSPS) is 10.4. The Kier molecular flexibility index (Phi) is 7.66. The molecule has 0 atom stereocenters. The summed E-state index contributed by atoms with van der Waals surface area (Å²) in [4.78, 5) is 37.6. The summed E-state index contributed by atoms with van der Waals surface area (Å²) in [6.07, 6.45) is 0.0425. The van der Waals surface area contributed by atoms with E-state index in [0.29, 0.717) is 26.3 Å². The van der Waals surface area contributed by atoms with Crippen LogP contribution < -0.4 is 5.32 Å². The summed E-state index contributed by atoms with van der Waals surface area (Å²) in [5, 5.41) is 3.73. The highest BCUT2D eigenvalue weighted by Gasteiger charge is 2.17. The summed E-state index contributed by atoms with van der Waals surface area (Å²) in [5.41, 5.74) is 0.783. The summed E-state index contributed by atoms with van der Waals surface area (Å²) in [5.74, 6) is -0.927. The van der Waals surface area contributed by atoms with E-state index in [9.17, 15) is 14.4 Å². The first-order valence-corrected chi connectivity index (χ1v) is 9.18. The molecule has 0 aliphatic rings. The third kappa shape index (κ3) is 6.24. The van der Waals surface area contributed by atoms with Crippen LogP contribution in [0.4, 0.5) is 5.69 Å². The average Bonchev–Trinajstić information content (AvgIpc) is 2.63. The number of amides is 2. The molecule has 0 radical (unpaired) electrons. The highest BCUT2D eigenvalue weighted by atomic mass is 35.5. The van der Waals surface area contributed by atoms with Crippen molar-refractivity contribution in [1.29, 1.82) is 0 Å². The number of para-hydroxylation sites is 1. The van der Waals surface area contributed by atoms with Gasteiger partial charge in [-0.2, -0.15) is 0 Å². The van der Waals surface area contributed by atoms with Crippen LogP contribution in [0.3, 0.4) is 0 Å². The van der Waals surface area contributed by atoms with Gasteiger partial charge in [-0.25, -0.2) is 0 Å².